The van der Waals surface area contributed by atoms with Gasteiger partial charge in [-0.2, -0.15) is 5.26 Å². The van der Waals surface area contributed by atoms with Gasteiger partial charge in [0, 0.05) is 5.56 Å². The first-order valence-electron chi connectivity index (χ1n) is 11.2. The van der Waals surface area contributed by atoms with Crippen LogP contribution in [0.15, 0.2) is 24.3 Å². The second kappa shape index (κ2) is 10.6. The van der Waals surface area contributed by atoms with Gasteiger partial charge in [-0.25, -0.2) is 8.78 Å². The first-order valence-corrected chi connectivity index (χ1v) is 11.2. The van der Waals surface area contributed by atoms with Gasteiger partial charge in [0.15, 0.2) is 0 Å². The van der Waals surface area contributed by atoms with E-state index in [4.69, 9.17) is 5.26 Å². The van der Waals surface area contributed by atoms with Crippen LogP contribution in [0.2, 0.25) is 0 Å². The summed E-state index contributed by atoms with van der Waals surface area (Å²) in [6, 6.07) is 3.75. The quantitative estimate of drug-likeness (QED) is 0.496. The van der Waals surface area contributed by atoms with Crippen LogP contribution in [-0.2, 0) is 0 Å². The molecule has 154 valence electrons. The number of nitrogens with zero attached hydrogens (tertiary/aromatic N) is 1. The standard InChI is InChI=1S/C26H31F2N/c1-2-5-19-8-12-22(13-9-19)23-14-10-20(11-15-23)6-3-4-7-21-16-25(27)24(18-29)26(28)17-21/h3,6,16-17,19-20,22-23H,2,5,8-15H2,1H3/t19-,20-,22-,23-. The van der Waals surface area contributed by atoms with E-state index in [9.17, 15) is 8.78 Å². The lowest BCUT2D eigenvalue weighted by Crippen LogP contribution is -2.25. The van der Waals surface area contributed by atoms with Gasteiger partial charge >= 0.3 is 0 Å². The van der Waals surface area contributed by atoms with Crippen LogP contribution < -0.4 is 0 Å². The highest BCUT2D eigenvalue weighted by atomic mass is 19.1. The molecule has 0 heterocycles. The molecule has 0 aromatic heterocycles. The van der Waals surface area contributed by atoms with Crippen LogP contribution in [0, 0.1) is 58.5 Å². The molecule has 1 nitrogen and oxygen atoms in total. The number of halogens is 2. The zero-order chi connectivity index (χ0) is 20.6. The van der Waals surface area contributed by atoms with Gasteiger partial charge in [0.25, 0.3) is 0 Å². The Morgan fingerprint density at radius 3 is 2.10 bits per heavy atom. The Morgan fingerprint density at radius 1 is 0.966 bits per heavy atom. The second-order valence-corrected chi connectivity index (χ2v) is 8.80. The van der Waals surface area contributed by atoms with Crippen molar-refractivity contribution in [2.45, 2.75) is 71.1 Å². The first-order chi connectivity index (χ1) is 14.1. The highest BCUT2D eigenvalue weighted by Crippen LogP contribution is 2.42. The fourth-order valence-corrected chi connectivity index (χ4v) is 5.23. The maximum absolute atomic E-state index is 13.6. The van der Waals surface area contributed by atoms with Crippen LogP contribution in [0.25, 0.3) is 0 Å². The Kier molecular flexibility index (Phi) is 7.88. The monoisotopic (exact) mass is 395 g/mol. The Labute approximate surface area is 174 Å². The molecule has 2 fully saturated rings. The van der Waals surface area contributed by atoms with Gasteiger partial charge in [-0.3, -0.25) is 0 Å². The van der Waals surface area contributed by atoms with Crippen molar-refractivity contribution >= 4 is 0 Å². The summed E-state index contributed by atoms with van der Waals surface area (Å²) in [5.74, 6) is 7.31. The number of nitriles is 1. The minimum Gasteiger partial charge on any atom is -0.205 e. The molecule has 0 unspecified atom stereocenters. The zero-order valence-electron chi connectivity index (χ0n) is 17.4. The highest BCUT2D eigenvalue weighted by molar-refractivity contribution is 5.43. The van der Waals surface area contributed by atoms with Crippen molar-refractivity contribution < 1.29 is 8.78 Å². The largest absolute Gasteiger partial charge is 0.205 e. The number of rotatable bonds is 4. The molecule has 0 amide bonds. The van der Waals surface area contributed by atoms with Gasteiger partial charge < -0.3 is 0 Å². The molecule has 2 aliphatic carbocycles. The minimum atomic E-state index is -0.858. The van der Waals surface area contributed by atoms with Gasteiger partial charge in [0.2, 0.25) is 0 Å². The molecule has 0 atom stereocenters. The second-order valence-electron chi connectivity index (χ2n) is 8.80. The summed E-state index contributed by atoms with van der Waals surface area (Å²) in [7, 11) is 0. The van der Waals surface area contributed by atoms with Crippen molar-refractivity contribution in [1.29, 1.82) is 5.26 Å². The predicted molar refractivity (Wildman–Crippen MR) is 113 cm³/mol. The van der Waals surface area contributed by atoms with E-state index in [0.717, 1.165) is 29.9 Å². The normalized spacial score (nSPS) is 27.2. The molecule has 2 saturated carbocycles. The molecular formula is C26H31F2N. The maximum atomic E-state index is 13.6. The third-order valence-corrected chi connectivity index (χ3v) is 6.89. The predicted octanol–water partition coefficient (Wildman–Crippen LogP) is 7.16. The summed E-state index contributed by atoms with van der Waals surface area (Å²) in [4.78, 5) is 0. The fourth-order valence-electron chi connectivity index (χ4n) is 5.23. The minimum absolute atomic E-state index is 0.256. The number of allylic oxidation sites excluding steroid dienone is 2. The molecular weight excluding hydrogens is 364 g/mol. The van der Waals surface area contributed by atoms with Gasteiger partial charge in [-0.15, -0.1) is 0 Å². The summed E-state index contributed by atoms with van der Waals surface area (Å²) >= 11 is 0. The molecule has 0 radical (unpaired) electrons. The van der Waals surface area contributed by atoms with E-state index in [1.54, 1.807) is 0 Å². The summed E-state index contributed by atoms with van der Waals surface area (Å²) in [5, 5.41) is 8.71. The smallest absolute Gasteiger partial charge is 0.145 e. The van der Waals surface area contributed by atoms with Crippen LogP contribution in [-0.4, -0.2) is 0 Å². The topological polar surface area (TPSA) is 23.8 Å². The lowest BCUT2D eigenvalue weighted by molar-refractivity contribution is 0.152. The zero-order valence-corrected chi connectivity index (χ0v) is 17.4. The molecule has 0 bridgehead atoms. The molecule has 0 saturated heterocycles. The summed E-state index contributed by atoms with van der Waals surface area (Å²) < 4.78 is 27.2. The molecule has 0 spiro atoms. The molecule has 1 aromatic rings. The highest BCUT2D eigenvalue weighted by Gasteiger charge is 2.29. The third kappa shape index (κ3) is 5.93. The van der Waals surface area contributed by atoms with Crippen LogP contribution in [0.3, 0.4) is 0 Å². The lowest BCUT2D eigenvalue weighted by atomic mass is 9.69. The van der Waals surface area contributed by atoms with Crippen LogP contribution in [0.4, 0.5) is 8.78 Å². The Morgan fingerprint density at radius 2 is 1.55 bits per heavy atom. The van der Waals surface area contributed by atoms with E-state index in [-0.39, 0.29) is 5.56 Å². The summed E-state index contributed by atoms with van der Waals surface area (Å²) in [6.45, 7) is 2.30. The van der Waals surface area contributed by atoms with Gasteiger partial charge in [-0.05, 0) is 80.4 Å². The van der Waals surface area contributed by atoms with Crippen molar-refractivity contribution in [3.63, 3.8) is 0 Å². The molecule has 3 heteroatoms. The van der Waals surface area contributed by atoms with Crippen molar-refractivity contribution in [3.05, 3.63) is 47.0 Å². The Hall–Kier alpha value is -2.13. The molecule has 2 aliphatic rings. The molecule has 29 heavy (non-hydrogen) atoms. The van der Waals surface area contributed by atoms with E-state index >= 15 is 0 Å². The Balaban J connectivity index is 1.45. The van der Waals surface area contributed by atoms with E-state index in [0.29, 0.717) is 5.92 Å². The lowest BCUT2D eigenvalue weighted by Gasteiger charge is -2.37. The maximum Gasteiger partial charge on any atom is 0.145 e. The van der Waals surface area contributed by atoms with Crippen LogP contribution >= 0.6 is 0 Å². The average molecular weight is 396 g/mol. The third-order valence-electron chi connectivity index (χ3n) is 6.89. The average Bonchev–Trinajstić information content (AvgIpc) is 2.72. The van der Waals surface area contributed by atoms with Gasteiger partial charge in [-0.1, -0.05) is 50.5 Å². The molecule has 0 aliphatic heterocycles. The van der Waals surface area contributed by atoms with Crippen molar-refractivity contribution in [1.82, 2.24) is 0 Å². The van der Waals surface area contributed by atoms with Crippen molar-refractivity contribution in [2.24, 2.45) is 23.7 Å². The van der Waals surface area contributed by atoms with Crippen LogP contribution in [0.5, 0.6) is 0 Å². The first kappa shape index (κ1) is 21.6. The van der Waals surface area contributed by atoms with E-state index < -0.39 is 17.2 Å². The van der Waals surface area contributed by atoms with Gasteiger partial charge in [0.1, 0.15) is 23.3 Å². The number of hydrogen-bond donors (Lipinski definition) is 0. The SMILES string of the molecule is CCC[C@H]1CC[C@H]([C@H]2CC[C@H](C=CC#Cc3cc(F)c(C#N)c(F)c3)CC2)CC1. The van der Waals surface area contributed by atoms with Crippen LogP contribution in [0.1, 0.15) is 82.3 Å². The van der Waals surface area contributed by atoms with E-state index in [1.165, 1.54) is 70.3 Å². The van der Waals surface area contributed by atoms with Crippen molar-refractivity contribution in [3.8, 4) is 17.9 Å². The molecule has 0 N–H and O–H groups in total. The van der Waals surface area contributed by atoms with Crippen molar-refractivity contribution in [2.75, 3.05) is 0 Å². The van der Waals surface area contributed by atoms with Gasteiger partial charge in [0.05, 0.1) is 0 Å². The molecule has 3 rings (SSSR count). The summed E-state index contributed by atoms with van der Waals surface area (Å²) in [6.07, 6.45) is 17.5. The number of hydrogen-bond acceptors (Lipinski definition) is 1. The van der Waals surface area contributed by atoms with E-state index in [2.05, 4.69) is 24.8 Å². The summed E-state index contributed by atoms with van der Waals surface area (Å²) in [5.41, 5.74) is -0.298. The number of benzene rings is 1. The Bertz CT molecular complexity index is 784. The molecule has 1 aromatic carbocycles. The van der Waals surface area contributed by atoms with E-state index in [1.807, 2.05) is 6.08 Å². The fraction of sp³-hybridized carbons (Fsp3) is 0.577.